The number of nitrogens with one attached hydrogen (secondary N) is 3. The largest absolute Gasteiger partial charge is 0.340 e. The maximum absolute atomic E-state index is 11.2. The number of aryl methyl sites for hydroxylation is 2. The number of amides is 1. The van der Waals surface area contributed by atoms with Crippen LogP contribution in [-0.2, 0) is 4.79 Å². The number of hydrogen-bond donors (Lipinski definition) is 3. The highest BCUT2D eigenvalue weighted by Gasteiger charge is 2.05. The molecule has 1 heterocycles. The molecule has 0 saturated carbocycles. The highest BCUT2D eigenvalue weighted by atomic mass is 16.1. The zero-order valence-electron chi connectivity index (χ0n) is 15.0. The second-order valence-corrected chi connectivity index (χ2v) is 6.10. The van der Waals surface area contributed by atoms with E-state index in [9.17, 15) is 4.79 Å². The molecule has 2 aromatic carbocycles. The Hall–Kier alpha value is -3.41. The average Bonchev–Trinajstić information content (AvgIpc) is 2.56. The molecule has 1 aromatic heterocycles. The summed E-state index contributed by atoms with van der Waals surface area (Å²) in [5, 5.41) is 9.23. The molecule has 3 aromatic rings. The Morgan fingerprint density at radius 2 is 1.58 bits per heavy atom. The lowest BCUT2D eigenvalue weighted by Gasteiger charge is -2.11. The van der Waals surface area contributed by atoms with Crippen molar-refractivity contribution in [3.8, 4) is 0 Å². The zero-order valence-corrected chi connectivity index (χ0v) is 15.0. The van der Waals surface area contributed by atoms with Crippen molar-refractivity contribution in [2.45, 2.75) is 20.8 Å². The van der Waals surface area contributed by atoms with E-state index in [1.807, 2.05) is 68.4 Å². The molecule has 0 spiro atoms. The minimum atomic E-state index is -0.107. The lowest BCUT2D eigenvalue weighted by atomic mass is 10.2. The van der Waals surface area contributed by atoms with E-state index in [1.54, 1.807) is 0 Å². The standard InChI is InChI=1S/C20H21N5O/c1-13-7-9-16(10-8-13)24-20-21-14(2)11-19(25-20)23-18-6-4-5-17(12-18)22-15(3)26/h4-12H,1-3H3,(H,22,26)(H2,21,23,24,25). The topological polar surface area (TPSA) is 78.9 Å². The summed E-state index contributed by atoms with van der Waals surface area (Å²) in [7, 11) is 0. The quantitative estimate of drug-likeness (QED) is 0.631. The molecule has 0 aliphatic rings. The maximum Gasteiger partial charge on any atom is 0.229 e. The van der Waals surface area contributed by atoms with Gasteiger partial charge in [-0.2, -0.15) is 4.98 Å². The van der Waals surface area contributed by atoms with Gasteiger partial charge in [0, 0.05) is 35.7 Å². The van der Waals surface area contributed by atoms with Gasteiger partial charge in [0.15, 0.2) is 0 Å². The van der Waals surface area contributed by atoms with Crippen LogP contribution in [0.15, 0.2) is 54.6 Å². The zero-order chi connectivity index (χ0) is 18.5. The maximum atomic E-state index is 11.2. The van der Waals surface area contributed by atoms with Crippen LogP contribution in [0.1, 0.15) is 18.2 Å². The number of carbonyl (C=O) groups excluding carboxylic acids is 1. The van der Waals surface area contributed by atoms with Crippen molar-refractivity contribution in [2.24, 2.45) is 0 Å². The van der Waals surface area contributed by atoms with Crippen molar-refractivity contribution < 1.29 is 4.79 Å². The monoisotopic (exact) mass is 347 g/mol. The van der Waals surface area contributed by atoms with Gasteiger partial charge >= 0.3 is 0 Å². The second kappa shape index (κ2) is 7.65. The third kappa shape index (κ3) is 4.80. The van der Waals surface area contributed by atoms with Crippen LogP contribution in [0.3, 0.4) is 0 Å². The van der Waals surface area contributed by atoms with E-state index in [0.717, 1.165) is 22.8 Å². The van der Waals surface area contributed by atoms with Gasteiger partial charge in [-0.3, -0.25) is 4.79 Å². The molecule has 1 amide bonds. The number of carbonyl (C=O) groups is 1. The summed E-state index contributed by atoms with van der Waals surface area (Å²) in [6, 6.07) is 17.4. The van der Waals surface area contributed by atoms with Crippen molar-refractivity contribution in [2.75, 3.05) is 16.0 Å². The van der Waals surface area contributed by atoms with Crippen molar-refractivity contribution in [3.05, 3.63) is 65.9 Å². The fraction of sp³-hybridized carbons (Fsp3) is 0.150. The Morgan fingerprint density at radius 1 is 0.846 bits per heavy atom. The first-order valence-corrected chi connectivity index (χ1v) is 8.32. The molecule has 6 heteroatoms. The number of rotatable bonds is 5. The molecule has 3 N–H and O–H groups in total. The van der Waals surface area contributed by atoms with E-state index >= 15 is 0 Å². The highest BCUT2D eigenvalue weighted by molar-refractivity contribution is 5.89. The first-order valence-electron chi connectivity index (χ1n) is 8.32. The van der Waals surface area contributed by atoms with Gasteiger partial charge in [0.2, 0.25) is 11.9 Å². The Labute approximate surface area is 152 Å². The minimum Gasteiger partial charge on any atom is -0.340 e. The van der Waals surface area contributed by atoms with E-state index in [2.05, 4.69) is 25.9 Å². The number of benzene rings is 2. The van der Waals surface area contributed by atoms with Gasteiger partial charge in [0.1, 0.15) is 5.82 Å². The summed E-state index contributed by atoms with van der Waals surface area (Å²) in [5.41, 5.74) is 4.53. The Bertz CT molecular complexity index is 922. The van der Waals surface area contributed by atoms with Gasteiger partial charge in [-0.15, -0.1) is 0 Å². The van der Waals surface area contributed by atoms with Crippen LogP contribution in [0.4, 0.5) is 28.8 Å². The first-order chi connectivity index (χ1) is 12.5. The van der Waals surface area contributed by atoms with Crippen molar-refractivity contribution in [1.29, 1.82) is 0 Å². The third-order valence-electron chi connectivity index (χ3n) is 3.62. The number of anilines is 5. The van der Waals surface area contributed by atoms with Gasteiger partial charge in [-0.05, 0) is 44.2 Å². The molecule has 0 aliphatic carbocycles. The first kappa shape index (κ1) is 17.4. The second-order valence-electron chi connectivity index (χ2n) is 6.10. The Morgan fingerprint density at radius 3 is 2.31 bits per heavy atom. The smallest absolute Gasteiger partial charge is 0.229 e. The highest BCUT2D eigenvalue weighted by Crippen LogP contribution is 2.21. The van der Waals surface area contributed by atoms with Gasteiger partial charge in [0.05, 0.1) is 0 Å². The molecule has 0 radical (unpaired) electrons. The van der Waals surface area contributed by atoms with Gasteiger partial charge in [-0.25, -0.2) is 4.98 Å². The molecule has 26 heavy (non-hydrogen) atoms. The van der Waals surface area contributed by atoms with Crippen LogP contribution < -0.4 is 16.0 Å². The molecule has 0 saturated heterocycles. The lowest BCUT2D eigenvalue weighted by molar-refractivity contribution is -0.114. The molecule has 0 aliphatic heterocycles. The van der Waals surface area contributed by atoms with E-state index in [0.29, 0.717) is 11.8 Å². The number of hydrogen-bond acceptors (Lipinski definition) is 5. The van der Waals surface area contributed by atoms with Crippen molar-refractivity contribution >= 4 is 34.7 Å². The van der Waals surface area contributed by atoms with Crippen LogP contribution in [0.25, 0.3) is 0 Å². The van der Waals surface area contributed by atoms with Crippen LogP contribution in [0.2, 0.25) is 0 Å². The molecular formula is C20H21N5O. The number of aromatic nitrogens is 2. The fourth-order valence-electron chi connectivity index (χ4n) is 2.48. The van der Waals surface area contributed by atoms with Crippen LogP contribution in [0.5, 0.6) is 0 Å². The summed E-state index contributed by atoms with van der Waals surface area (Å²) >= 11 is 0. The van der Waals surface area contributed by atoms with E-state index in [4.69, 9.17) is 0 Å². The van der Waals surface area contributed by atoms with Crippen molar-refractivity contribution in [3.63, 3.8) is 0 Å². The minimum absolute atomic E-state index is 0.107. The molecule has 6 nitrogen and oxygen atoms in total. The van der Waals surface area contributed by atoms with Crippen molar-refractivity contribution in [1.82, 2.24) is 9.97 Å². The van der Waals surface area contributed by atoms with Crippen LogP contribution >= 0.6 is 0 Å². The van der Waals surface area contributed by atoms with Crippen LogP contribution in [0, 0.1) is 13.8 Å². The predicted octanol–water partition coefficient (Wildman–Crippen LogP) is 4.54. The molecule has 0 bridgehead atoms. The van der Waals surface area contributed by atoms with Gasteiger partial charge in [-0.1, -0.05) is 23.8 Å². The predicted molar refractivity (Wildman–Crippen MR) is 105 cm³/mol. The molecule has 0 fully saturated rings. The van der Waals surface area contributed by atoms with Gasteiger partial charge < -0.3 is 16.0 Å². The molecule has 0 unspecified atom stereocenters. The Balaban J connectivity index is 1.79. The summed E-state index contributed by atoms with van der Waals surface area (Å²) < 4.78 is 0. The summed E-state index contributed by atoms with van der Waals surface area (Å²) in [6.07, 6.45) is 0. The lowest BCUT2D eigenvalue weighted by Crippen LogP contribution is -2.06. The fourth-order valence-corrected chi connectivity index (χ4v) is 2.48. The summed E-state index contributed by atoms with van der Waals surface area (Å²) in [6.45, 7) is 5.45. The molecule has 132 valence electrons. The third-order valence-corrected chi connectivity index (χ3v) is 3.62. The Kier molecular flexibility index (Phi) is 5.12. The van der Waals surface area contributed by atoms with E-state index < -0.39 is 0 Å². The molecule has 3 rings (SSSR count). The van der Waals surface area contributed by atoms with E-state index in [1.165, 1.54) is 12.5 Å². The number of nitrogens with zero attached hydrogens (tertiary/aromatic N) is 2. The normalized spacial score (nSPS) is 10.3. The molecular weight excluding hydrogens is 326 g/mol. The van der Waals surface area contributed by atoms with Crippen LogP contribution in [-0.4, -0.2) is 15.9 Å². The van der Waals surface area contributed by atoms with E-state index in [-0.39, 0.29) is 5.91 Å². The summed E-state index contributed by atoms with van der Waals surface area (Å²) in [4.78, 5) is 20.2. The summed E-state index contributed by atoms with van der Waals surface area (Å²) in [5.74, 6) is 1.09. The SMILES string of the molecule is CC(=O)Nc1cccc(Nc2cc(C)nc(Nc3ccc(C)cc3)n2)c1. The molecule has 0 atom stereocenters. The van der Waals surface area contributed by atoms with Gasteiger partial charge in [0.25, 0.3) is 0 Å². The average molecular weight is 347 g/mol.